The molecule has 5 nitrogen and oxygen atoms in total. The molecular formula is C14H22N4OS. The highest BCUT2D eigenvalue weighted by Gasteiger charge is 2.25. The summed E-state index contributed by atoms with van der Waals surface area (Å²) in [4.78, 5) is 8.12. The molecular weight excluding hydrogens is 272 g/mol. The first-order chi connectivity index (χ1) is 9.83. The van der Waals surface area contributed by atoms with E-state index in [1.165, 1.54) is 0 Å². The Morgan fingerprint density at radius 2 is 2.45 bits per heavy atom. The molecule has 3 heterocycles. The van der Waals surface area contributed by atoms with Gasteiger partial charge in [0.2, 0.25) is 0 Å². The predicted molar refractivity (Wildman–Crippen MR) is 82.4 cm³/mol. The van der Waals surface area contributed by atoms with Crippen LogP contribution in [0, 0.1) is 0 Å². The lowest BCUT2D eigenvalue weighted by Gasteiger charge is -2.33. The van der Waals surface area contributed by atoms with Crippen molar-refractivity contribution in [2.45, 2.75) is 38.8 Å². The normalized spacial score (nSPS) is 19.9. The zero-order valence-corrected chi connectivity index (χ0v) is 12.7. The summed E-state index contributed by atoms with van der Waals surface area (Å²) in [5.41, 5.74) is 7.04. The SMILES string of the molecule is CCCOC1CCCN(c2nc3sccn3c2CN)C1. The van der Waals surface area contributed by atoms with Crippen LogP contribution < -0.4 is 10.6 Å². The summed E-state index contributed by atoms with van der Waals surface area (Å²) in [6, 6.07) is 0. The van der Waals surface area contributed by atoms with E-state index in [9.17, 15) is 0 Å². The molecule has 1 saturated heterocycles. The maximum atomic E-state index is 5.93. The van der Waals surface area contributed by atoms with Crippen molar-refractivity contribution in [2.75, 3.05) is 24.6 Å². The Kier molecular flexibility index (Phi) is 4.24. The second-order valence-corrected chi connectivity index (χ2v) is 6.10. The third-order valence-corrected chi connectivity index (χ3v) is 4.53. The van der Waals surface area contributed by atoms with Gasteiger partial charge in [-0.2, -0.15) is 0 Å². The Morgan fingerprint density at radius 3 is 3.25 bits per heavy atom. The van der Waals surface area contributed by atoms with Crippen LogP contribution in [0.5, 0.6) is 0 Å². The number of ether oxygens (including phenoxy) is 1. The first-order valence-corrected chi connectivity index (χ1v) is 8.22. The molecule has 1 aliphatic heterocycles. The average molecular weight is 294 g/mol. The van der Waals surface area contributed by atoms with Crippen LogP contribution in [0.15, 0.2) is 11.6 Å². The number of imidazole rings is 1. The number of aromatic nitrogens is 2. The summed E-state index contributed by atoms with van der Waals surface area (Å²) >= 11 is 1.65. The number of hydrogen-bond acceptors (Lipinski definition) is 5. The fourth-order valence-electron chi connectivity index (χ4n) is 2.82. The maximum absolute atomic E-state index is 5.93. The molecule has 0 saturated carbocycles. The van der Waals surface area contributed by atoms with Gasteiger partial charge >= 0.3 is 0 Å². The molecule has 1 atom stereocenters. The van der Waals surface area contributed by atoms with Crippen molar-refractivity contribution in [2.24, 2.45) is 5.73 Å². The highest BCUT2D eigenvalue weighted by molar-refractivity contribution is 7.15. The molecule has 0 aliphatic carbocycles. The van der Waals surface area contributed by atoms with Gasteiger partial charge in [-0.15, -0.1) is 11.3 Å². The fraction of sp³-hybridized carbons (Fsp3) is 0.643. The molecule has 1 fully saturated rings. The molecule has 2 N–H and O–H groups in total. The highest BCUT2D eigenvalue weighted by atomic mass is 32.1. The van der Waals surface area contributed by atoms with Crippen LogP contribution in [0.4, 0.5) is 5.82 Å². The van der Waals surface area contributed by atoms with Gasteiger partial charge in [-0.3, -0.25) is 4.40 Å². The topological polar surface area (TPSA) is 55.8 Å². The smallest absolute Gasteiger partial charge is 0.195 e. The Hall–Kier alpha value is -1.11. The van der Waals surface area contributed by atoms with Crippen LogP contribution in [-0.4, -0.2) is 35.2 Å². The summed E-state index contributed by atoms with van der Waals surface area (Å²) in [6.45, 7) is 5.49. The molecule has 0 spiro atoms. The molecule has 3 rings (SSSR count). The lowest BCUT2D eigenvalue weighted by Crippen LogP contribution is -2.40. The molecule has 0 aromatic carbocycles. The van der Waals surface area contributed by atoms with Crippen molar-refractivity contribution < 1.29 is 4.74 Å². The molecule has 0 radical (unpaired) electrons. The van der Waals surface area contributed by atoms with Crippen molar-refractivity contribution in [3.8, 4) is 0 Å². The third kappa shape index (κ3) is 2.55. The summed E-state index contributed by atoms with van der Waals surface area (Å²) < 4.78 is 8.02. The monoisotopic (exact) mass is 294 g/mol. The van der Waals surface area contributed by atoms with Gasteiger partial charge in [0.15, 0.2) is 10.8 Å². The quantitative estimate of drug-likeness (QED) is 0.919. The largest absolute Gasteiger partial charge is 0.376 e. The number of nitrogens with two attached hydrogens (primary N) is 1. The number of nitrogens with zero attached hydrogens (tertiary/aromatic N) is 3. The minimum Gasteiger partial charge on any atom is -0.376 e. The van der Waals surface area contributed by atoms with E-state index in [4.69, 9.17) is 15.5 Å². The molecule has 0 amide bonds. The molecule has 6 heteroatoms. The number of fused-ring (bicyclic) bond motifs is 1. The maximum Gasteiger partial charge on any atom is 0.195 e. The molecule has 2 aromatic rings. The van der Waals surface area contributed by atoms with E-state index in [-0.39, 0.29) is 0 Å². The minimum absolute atomic E-state index is 0.328. The number of rotatable bonds is 5. The van der Waals surface area contributed by atoms with Crippen molar-refractivity contribution in [3.63, 3.8) is 0 Å². The van der Waals surface area contributed by atoms with E-state index in [2.05, 4.69) is 21.6 Å². The molecule has 1 unspecified atom stereocenters. The highest BCUT2D eigenvalue weighted by Crippen LogP contribution is 2.27. The van der Waals surface area contributed by atoms with Crippen LogP contribution in [0.25, 0.3) is 4.96 Å². The first-order valence-electron chi connectivity index (χ1n) is 7.34. The van der Waals surface area contributed by atoms with Gasteiger partial charge in [0.1, 0.15) is 0 Å². The van der Waals surface area contributed by atoms with Gasteiger partial charge in [0, 0.05) is 37.8 Å². The Balaban J connectivity index is 1.80. The van der Waals surface area contributed by atoms with Gasteiger partial charge in [-0.25, -0.2) is 4.98 Å². The van der Waals surface area contributed by atoms with E-state index in [1.807, 2.05) is 6.20 Å². The Labute approximate surface area is 123 Å². The Bertz CT molecular complexity index is 565. The molecule has 0 bridgehead atoms. The lowest BCUT2D eigenvalue weighted by atomic mass is 10.1. The van der Waals surface area contributed by atoms with Crippen LogP contribution in [0.1, 0.15) is 31.9 Å². The van der Waals surface area contributed by atoms with E-state index < -0.39 is 0 Å². The predicted octanol–water partition coefficient (Wildman–Crippen LogP) is 2.25. The second kappa shape index (κ2) is 6.11. The van der Waals surface area contributed by atoms with Crippen LogP contribution in [-0.2, 0) is 11.3 Å². The van der Waals surface area contributed by atoms with Gasteiger partial charge in [-0.05, 0) is 19.3 Å². The lowest BCUT2D eigenvalue weighted by molar-refractivity contribution is 0.0439. The fourth-order valence-corrected chi connectivity index (χ4v) is 3.54. The Morgan fingerprint density at radius 1 is 1.55 bits per heavy atom. The summed E-state index contributed by atoms with van der Waals surface area (Å²) in [6.07, 6.45) is 5.76. The molecule has 110 valence electrons. The van der Waals surface area contributed by atoms with Gasteiger partial charge < -0.3 is 15.4 Å². The number of anilines is 1. The van der Waals surface area contributed by atoms with Crippen LogP contribution in [0.2, 0.25) is 0 Å². The molecule has 1 aliphatic rings. The summed E-state index contributed by atoms with van der Waals surface area (Å²) in [5, 5.41) is 2.05. The van der Waals surface area contributed by atoms with Gasteiger partial charge in [-0.1, -0.05) is 6.92 Å². The summed E-state index contributed by atoms with van der Waals surface area (Å²) in [5.74, 6) is 1.05. The van der Waals surface area contributed by atoms with Crippen LogP contribution >= 0.6 is 11.3 Å². The van der Waals surface area contributed by atoms with E-state index in [1.54, 1.807) is 11.3 Å². The van der Waals surface area contributed by atoms with Crippen molar-refractivity contribution >= 4 is 22.1 Å². The minimum atomic E-state index is 0.328. The van der Waals surface area contributed by atoms with Crippen molar-refractivity contribution in [1.82, 2.24) is 9.38 Å². The molecule has 20 heavy (non-hydrogen) atoms. The first kappa shape index (κ1) is 13.9. The number of thiazole rings is 1. The standard InChI is InChI=1S/C14H22N4OS/c1-2-7-19-11-4-3-5-17(10-11)13-12(9-15)18-6-8-20-14(18)16-13/h6,8,11H,2-5,7,9-10,15H2,1H3. The number of piperidine rings is 1. The van der Waals surface area contributed by atoms with E-state index >= 15 is 0 Å². The van der Waals surface area contributed by atoms with Crippen molar-refractivity contribution in [1.29, 1.82) is 0 Å². The summed E-state index contributed by atoms with van der Waals surface area (Å²) in [7, 11) is 0. The second-order valence-electron chi connectivity index (χ2n) is 5.22. The van der Waals surface area contributed by atoms with Gasteiger partial charge in [0.25, 0.3) is 0 Å². The third-order valence-electron chi connectivity index (χ3n) is 3.77. The van der Waals surface area contributed by atoms with E-state index in [0.717, 1.165) is 55.4 Å². The number of hydrogen-bond donors (Lipinski definition) is 1. The zero-order valence-electron chi connectivity index (χ0n) is 11.9. The average Bonchev–Trinajstić information content (AvgIpc) is 3.05. The van der Waals surface area contributed by atoms with Crippen molar-refractivity contribution in [3.05, 3.63) is 17.3 Å². The van der Waals surface area contributed by atoms with Gasteiger partial charge in [0.05, 0.1) is 11.8 Å². The molecule has 2 aromatic heterocycles. The zero-order chi connectivity index (χ0) is 13.9. The van der Waals surface area contributed by atoms with Crippen LogP contribution in [0.3, 0.4) is 0 Å². The van der Waals surface area contributed by atoms with E-state index in [0.29, 0.717) is 12.6 Å².